The van der Waals surface area contributed by atoms with E-state index in [1.807, 2.05) is 0 Å². The summed E-state index contributed by atoms with van der Waals surface area (Å²) >= 11 is 0. The van der Waals surface area contributed by atoms with Crippen LogP contribution in [0.5, 0.6) is 23.0 Å². The zero-order valence-corrected chi connectivity index (χ0v) is 26.9. The lowest BCUT2D eigenvalue weighted by Gasteiger charge is -2.21. The lowest BCUT2D eigenvalue weighted by atomic mass is 9.95. The highest BCUT2D eigenvalue weighted by Gasteiger charge is 2.33. The van der Waals surface area contributed by atoms with Gasteiger partial charge in [0, 0.05) is 18.7 Å². The molecule has 6 N–H and O–H groups in total. The topological polar surface area (TPSA) is 192 Å². The van der Waals surface area contributed by atoms with Crippen molar-refractivity contribution in [3.05, 3.63) is 82.4 Å². The smallest absolute Gasteiger partial charge is 0.338 e. The SMILES string of the molecule is CCCCCCCCCCOc1cc(C(=O)O[C@@H]2CNC[C@H]2NC(=O)c2ccc(O)cc2)cc(O)c1C(=O)c1c(O)cccc1C(=O)O. The number of aromatic hydroxyl groups is 3. The van der Waals surface area contributed by atoms with Crippen molar-refractivity contribution in [2.45, 2.75) is 70.4 Å². The summed E-state index contributed by atoms with van der Waals surface area (Å²) in [6.07, 6.45) is 7.50. The molecular formula is C36H42N2O10. The zero-order valence-electron chi connectivity index (χ0n) is 26.9. The first-order chi connectivity index (χ1) is 23.1. The maximum Gasteiger partial charge on any atom is 0.338 e. The number of rotatable bonds is 17. The second kappa shape index (κ2) is 17.2. The van der Waals surface area contributed by atoms with Crippen molar-refractivity contribution in [3.63, 3.8) is 0 Å². The van der Waals surface area contributed by atoms with Crippen molar-refractivity contribution in [2.24, 2.45) is 0 Å². The minimum Gasteiger partial charge on any atom is -0.508 e. The number of carbonyl (C=O) groups excluding carboxylic acids is 3. The molecule has 0 spiro atoms. The molecule has 3 aromatic carbocycles. The molecule has 3 aromatic rings. The normalized spacial score (nSPS) is 15.5. The van der Waals surface area contributed by atoms with E-state index in [1.54, 1.807) is 0 Å². The predicted molar refractivity (Wildman–Crippen MR) is 176 cm³/mol. The van der Waals surface area contributed by atoms with Crippen LogP contribution in [0.15, 0.2) is 54.6 Å². The molecule has 12 nitrogen and oxygen atoms in total. The largest absolute Gasteiger partial charge is 0.508 e. The highest BCUT2D eigenvalue weighted by Crippen LogP contribution is 2.36. The number of benzene rings is 3. The fraction of sp³-hybridized carbons (Fsp3) is 0.389. The number of ether oxygens (including phenoxy) is 2. The number of hydrogen-bond acceptors (Lipinski definition) is 10. The van der Waals surface area contributed by atoms with Crippen molar-refractivity contribution in [1.29, 1.82) is 0 Å². The average Bonchev–Trinajstić information content (AvgIpc) is 3.49. The van der Waals surface area contributed by atoms with Crippen LogP contribution in [-0.2, 0) is 4.74 Å². The molecule has 1 aliphatic rings. The molecule has 0 aromatic heterocycles. The Morgan fingerprint density at radius 3 is 2.19 bits per heavy atom. The fourth-order valence-corrected chi connectivity index (χ4v) is 5.55. The van der Waals surface area contributed by atoms with Crippen LogP contribution < -0.4 is 15.4 Å². The molecule has 0 aliphatic carbocycles. The van der Waals surface area contributed by atoms with Gasteiger partial charge in [0.25, 0.3) is 5.91 Å². The quantitative estimate of drug-likeness (QED) is 0.0634. The number of carboxylic acids is 1. The molecule has 0 unspecified atom stereocenters. The first-order valence-corrected chi connectivity index (χ1v) is 16.2. The number of amides is 1. The van der Waals surface area contributed by atoms with Crippen LogP contribution in [0.1, 0.15) is 105 Å². The van der Waals surface area contributed by atoms with Gasteiger partial charge < -0.3 is 40.5 Å². The molecule has 12 heteroatoms. The van der Waals surface area contributed by atoms with Gasteiger partial charge in [-0.15, -0.1) is 0 Å². The molecule has 0 bridgehead atoms. The van der Waals surface area contributed by atoms with Gasteiger partial charge in [-0.3, -0.25) is 9.59 Å². The Labute approximate surface area is 278 Å². The van der Waals surface area contributed by atoms with Crippen LogP contribution in [0, 0.1) is 0 Å². The number of hydrogen-bond donors (Lipinski definition) is 6. The van der Waals surface area contributed by atoms with Crippen LogP contribution >= 0.6 is 0 Å². The van der Waals surface area contributed by atoms with Crippen molar-refractivity contribution in [3.8, 4) is 23.0 Å². The van der Waals surface area contributed by atoms with Gasteiger partial charge in [-0.25, -0.2) is 9.59 Å². The molecule has 1 heterocycles. The van der Waals surface area contributed by atoms with Gasteiger partial charge in [-0.05, 0) is 55.0 Å². The predicted octanol–water partition coefficient (Wildman–Crippen LogP) is 5.18. The number of aromatic carboxylic acids is 1. The fourth-order valence-electron chi connectivity index (χ4n) is 5.55. The summed E-state index contributed by atoms with van der Waals surface area (Å²) < 4.78 is 11.6. The summed E-state index contributed by atoms with van der Waals surface area (Å²) in [5, 5.41) is 46.6. The monoisotopic (exact) mass is 662 g/mol. The summed E-state index contributed by atoms with van der Waals surface area (Å²) in [5.41, 5.74) is -1.23. The van der Waals surface area contributed by atoms with E-state index in [1.165, 1.54) is 55.7 Å². The summed E-state index contributed by atoms with van der Waals surface area (Å²) in [7, 11) is 0. The number of ketones is 1. The number of phenolic OH excluding ortho intramolecular Hbond substituents is 3. The van der Waals surface area contributed by atoms with Crippen LogP contribution in [0.4, 0.5) is 0 Å². The number of unbranched alkanes of at least 4 members (excludes halogenated alkanes) is 7. The highest BCUT2D eigenvalue weighted by molar-refractivity contribution is 6.18. The van der Waals surface area contributed by atoms with Crippen molar-refractivity contribution >= 4 is 23.6 Å². The Morgan fingerprint density at radius 2 is 1.50 bits per heavy atom. The van der Waals surface area contributed by atoms with E-state index in [2.05, 4.69) is 17.6 Å². The van der Waals surface area contributed by atoms with Crippen LogP contribution in [-0.4, -0.2) is 75.9 Å². The third-order valence-electron chi connectivity index (χ3n) is 8.16. The van der Waals surface area contributed by atoms with Gasteiger partial charge in [0.15, 0.2) is 0 Å². The molecule has 0 radical (unpaired) electrons. The second-order valence-corrected chi connectivity index (χ2v) is 11.8. The van der Waals surface area contributed by atoms with Gasteiger partial charge in [0.1, 0.15) is 34.7 Å². The van der Waals surface area contributed by atoms with Gasteiger partial charge in [0.05, 0.1) is 29.3 Å². The van der Waals surface area contributed by atoms with Gasteiger partial charge in [0.2, 0.25) is 5.78 Å². The average molecular weight is 663 g/mol. The van der Waals surface area contributed by atoms with Gasteiger partial charge in [-0.1, -0.05) is 57.9 Å². The summed E-state index contributed by atoms with van der Waals surface area (Å²) in [4.78, 5) is 51.7. The van der Waals surface area contributed by atoms with E-state index >= 15 is 0 Å². The molecule has 1 amide bonds. The summed E-state index contributed by atoms with van der Waals surface area (Å²) in [6.45, 7) is 2.87. The molecular weight excluding hydrogens is 620 g/mol. The van der Waals surface area contributed by atoms with E-state index < -0.39 is 64.0 Å². The Balaban J connectivity index is 1.53. The third kappa shape index (κ3) is 9.25. The third-order valence-corrected chi connectivity index (χ3v) is 8.16. The van der Waals surface area contributed by atoms with E-state index in [0.717, 1.165) is 43.9 Å². The summed E-state index contributed by atoms with van der Waals surface area (Å²) in [5.74, 6) is -5.14. The molecule has 1 saturated heterocycles. The molecule has 1 fully saturated rings. The molecule has 4 rings (SSSR count). The van der Waals surface area contributed by atoms with Gasteiger partial charge in [-0.2, -0.15) is 0 Å². The van der Waals surface area contributed by atoms with Crippen LogP contribution in [0.2, 0.25) is 0 Å². The lowest BCUT2D eigenvalue weighted by Crippen LogP contribution is -2.44. The van der Waals surface area contributed by atoms with E-state index in [0.29, 0.717) is 18.5 Å². The standard InChI is InChI=1S/C36H42N2O10/c1-2-3-4-5-6-7-8-9-17-47-29-19-23(18-28(41)32(29)33(42)31-25(35(44)45)11-10-12-27(31)40)36(46)48-30-21-37-20-26(30)38-34(43)22-13-15-24(39)16-14-22/h10-16,18-19,26,30,37,39-41H,2-9,17,20-21H2,1H3,(H,38,43)(H,44,45)/t26-,30-/m1/s1. The minimum atomic E-state index is -1.45. The molecule has 0 saturated carbocycles. The van der Waals surface area contributed by atoms with E-state index in [9.17, 15) is 39.6 Å². The van der Waals surface area contributed by atoms with Gasteiger partial charge >= 0.3 is 11.9 Å². The van der Waals surface area contributed by atoms with Crippen LogP contribution in [0.3, 0.4) is 0 Å². The Hall–Kier alpha value is -5.10. The molecule has 1 aliphatic heterocycles. The first-order valence-electron chi connectivity index (χ1n) is 16.2. The number of carboxylic acid groups (broad SMARTS) is 1. The maximum absolute atomic E-state index is 13.7. The molecule has 2 atom stereocenters. The molecule has 48 heavy (non-hydrogen) atoms. The second-order valence-electron chi connectivity index (χ2n) is 11.8. The first kappa shape index (κ1) is 35.7. The zero-order chi connectivity index (χ0) is 34.6. The number of esters is 1. The number of nitrogens with one attached hydrogen (secondary N) is 2. The Morgan fingerprint density at radius 1 is 0.812 bits per heavy atom. The number of phenols is 3. The van der Waals surface area contributed by atoms with Crippen LogP contribution in [0.25, 0.3) is 0 Å². The Kier molecular flexibility index (Phi) is 12.8. The summed E-state index contributed by atoms with van der Waals surface area (Å²) in [6, 6.07) is 11.0. The highest BCUT2D eigenvalue weighted by atomic mass is 16.5. The Bertz CT molecular complexity index is 1610. The van der Waals surface area contributed by atoms with Crippen molar-refractivity contribution < 1.29 is 49.1 Å². The van der Waals surface area contributed by atoms with Crippen molar-refractivity contribution in [1.82, 2.24) is 10.6 Å². The maximum atomic E-state index is 13.7. The minimum absolute atomic E-state index is 0.0147. The van der Waals surface area contributed by atoms with Crippen molar-refractivity contribution in [2.75, 3.05) is 19.7 Å². The lowest BCUT2D eigenvalue weighted by molar-refractivity contribution is 0.0282. The molecule has 256 valence electrons. The van der Waals surface area contributed by atoms with E-state index in [4.69, 9.17) is 9.47 Å². The van der Waals surface area contributed by atoms with E-state index in [-0.39, 0.29) is 30.2 Å². The number of carbonyl (C=O) groups is 4.